The van der Waals surface area contributed by atoms with Crippen LogP contribution in [0.1, 0.15) is 50.4 Å². The molecule has 1 aliphatic carbocycles. The number of benzene rings is 1. The average molecular weight is 361 g/mol. The van der Waals surface area contributed by atoms with Gasteiger partial charge in [-0.05, 0) is 50.3 Å². The minimum absolute atomic E-state index is 0.0355. The topological polar surface area (TPSA) is 38.1 Å². The van der Waals surface area contributed by atoms with Gasteiger partial charge in [0.1, 0.15) is 5.82 Å². The van der Waals surface area contributed by atoms with Gasteiger partial charge in [0.05, 0.1) is 23.5 Å². The van der Waals surface area contributed by atoms with E-state index in [0.29, 0.717) is 22.6 Å². The van der Waals surface area contributed by atoms with E-state index in [2.05, 4.69) is 9.88 Å². The third-order valence-electron chi connectivity index (χ3n) is 5.84. The van der Waals surface area contributed by atoms with Crippen LogP contribution in [-0.2, 0) is 6.54 Å². The Bertz CT molecular complexity index is 829. The van der Waals surface area contributed by atoms with Gasteiger partial charge in [-0.15, -0.1) is 0 Å². The van der Waals surface area contributed by atoms with Crippen LogP contribution in [0.15, 0.2) is 29.1 Å². The first-order valence-corrected chi connectivity index (χ1v) is 9.65. The number of hydrogen-bond donors (Lipinski definition) is 0. The van der Waals surface area contributed by atoms with Crippen molar-refractivity contribution in [3.63, 3.8) is 0 Å². The molecular formula is C20H25F2N3O. The van der Waals surface area contributed by atoms with Crippen molar-refractivity contribution in [1.29, 1.82) is 0 Å². The largest absolute Gasteiger partial charge is 0.293 e. The van der Waals surface area contributed by atoms with E-state index in [1.165, 1.54) is 30.3 Å². The predicted molar refractivity (Wildman–Crippen MR) is 97.5 cm³/mol. The molecule has 6 heteroatoms. The standard InChI is InChI=1S/C20H25F2N3O/c21-18(22)13-25-19(23-16-9-4-3-8-15(16)20(25)26)17-10-5-11-24(17)12-14-6-1-2-7-14/h3-4,8-9,14,17-18H,1-2,5-7,10-13H2. The van der Waals surface area contributed by atoms with E-state index in [1.807, 2.05) is 6.07 Å². The van der Waals surface area contributed by atoms with Crippen molar-refractivity contribution < 1.29 is 8.78 Å². The molecule has 0 N–H and O–H groups in total. The summed E-state index contributed by atoms with van der Waals surface area (Å²) in [6, 6.07) is 7.01. The number of nitrogens with zero attached hydrogens (tertiary/aromatic N) is 3. The van der Waals surface area contributed by atoms with E-state index in [-0.39, 0.29) is 11.6 Å². The van der Waals surface area contributed by atoms with Crippen molar-refractivity contribution in [1.82, 2.24) is 14.5 Å². The fourth-order valence-corrected chi connectivity index (χ4v) is 4.62. The molecule has 4 nitrogen and oxygen atoms in total. The second-order valence-electron chi connectivity index (χ2n) is 7.60. The molecule has 0 spiro atoms. The zero-order valence-corrected chi connectivity index (χ0v) is 14.9. The molecule has 1 aliphatic heterocycles. The van der Waals surface area contributed by atoms with Gasteiger partial charge in [0.25, 0.3) is 12.0 Å². The van der Waals surface area contributed by atoms with Crippen LogP contribution in [0.5, 0.6) is 0 Å². The lowest BCUT2D eigenvalue weighted by Gasteiger charge is -2.28. The molecule has 0 amide bonds. The van der Waals surface area contributed by atoms with Gasteiger partial charge in [0, 0.05) is 6.54 Å². The summed E-state index contributed by atoms with van der Waals surface area (Å²) in [6.07, 6.45) is 4.39. The number of alkyl halides is 2. The molecule has 26 heavy (non-hydrogen) atoms. The van der Waals surface area contributed by atoms with E-state index in [9.17, 15) is 13.6 Å². The van der Waals surface area contributed by atoms with E-state index in [4.69, 9.17) is 0 Å². The van der Waals surface area contributed by atoms with Crippen LogP contribution in [0, 0.1) is 5.92 Å². The van der Waals surface area contributed by atoms with Crippen LogP contribution >= 0.6 is 0 Å². The van der Waals surface area contributed by atoms with E-state index >= 15 is 0 Å². The average Bonchev–Trinajstić information content (AvgIpc) is 3.29. The fourth-order valence-electron chi connectivity index (χ4n) is 4.62. The summed E-state index contributed by atoms with van der Waals surface area (Å²) in [6.45, 7) is 1.36. The second kappa shape index (κ2) is 7.43. The Morgan fingerprint density at radius 1 is 1.12 bits per heavy atom. The van der Waals surface area contributed by atoms with Crippen molar-refractivity contribution in [2.24, 2.45) is 5.92 Å². The number of fused-ring (bicyclic) bond motifs is 1. The van der Waals surface area contributed by atoms with E-state index in [0.717, 1.165) is 25.9 Å². The number of halogens is 2. The van der Waals surface area contributed by atoms with Crippen molar-refractivity contribution in [3.05, 3.63) is 40.4 Å². The SMILES string of the molecule is O=c1c2ccccc2nc(C2CCCN2CC2CCCC2)n1CC(F)F. The minimum atomic E-state index is -2.57. The molecule has 2 aromatic rings. The van der Waals surface area contributed by atoms with Gasteiger partial charge in [0.15, 0.2) is 0 Å². The molecule has 2 aliphatic rings. The van der Waals surface area contributed by atoms with E-state index in [1.54, 1.807) is 18.2 Å². The number of rotatable bonds is 5. The molecule has 140 valence electrons. The molecule has 4 rings (SSSR count). The highest BCUT2D eigenvalue weighted by atomic mass is 19.3. The number of aromatic nitrogens is 2. The molecule has 0 bridgehead atoms. The van der Waals surface area contributed by atoms with Crippen LogP contribution in [0.4, 0.5) is 8.78 Å². The summed E-state index contributed by atoms with van der Waals surface area (Å²) in [4.78, 5) is 19.9. The van der Waals surface area contributed by atoms with Gasteiger partial charge >= 0.3 is 0 Å². The molecule has 0 radical (unpaired) electrons. The molecule has 1 aromatic carbocycles. The summed E-state index contributed by atoms with van der Waals surface area (Å²) >= 11 is 0. The molecule has 1 atom stereocenters. The minimum Gasteiger partial charge on any atom is -0.293 e. The van der Waals surface area contributed by atoms with Crippen LogP contribution in [0.25, 0.3) is 10.9 Å². The fraction of sp³-hybridized carbons (Fsp3) is 0.600. The van der Waals surface area contributed by atoms with Crippen molar-refractivity contribution in [2.75, 3.05) is 13.1 Å². The quantitative estimate of drug-likeness (QED) is 0.808. The maximum atomic E-state index is 13.2. The van der Waals surface area contributed by atoms with Gasteiger partial charge in [-0.2, -0.15) is 0 Å². The molecule has 1 unspecified atom stereocenters. The van der Waals surface area contributed by atoms with Crippen molar-refractivity contribution in [3.8, 4) is 0 Å². The van der Waals surface area contributed by atoms with Gasteiger partial charge in [-0.1, -0.05) is 25.0 Å². The maximum absolute atomic E-state index is 13.2. The number of hydrogen-bond acceptors (Lipinski definition) is 3. The predicted octanol–water partition coefficient (Wildman–Crippen LogP) is 3.99. The van der Waals surface area contributed by atoms with Crippen LogP contribution in [0.3, 0.4) is 0 Å². The lowest BCUT2D eigenvalue weighted by Crippen LogP contribution is -2.35. The molecular weight excluding hydrogens is 336 g/mol. The second-order valence-corrected chi connectivity index (χ2v) is 7.60. The maximum Gasteiger partial charge on any atom is 0.261 e. The zero-order chi connectivity index (χ0) is 18.1. The summed E-state index contributed by atoms with van der Waals surface area (Å²) in [5, 5.41) is 0.414. The monoisotopic (exact) mass is 361 g/mol. The third kappa shape index (κ3) is 3.39. The number of para-hydroxylation sites is 1. The molecule has 1 aromatic heterocycles. The van der Waals surface area contributed by atoms with E-state index < -0.39 is 13.0 Å². The first kappa shape index (κ1) is 17.6. The molecule has 1 saturated carbocycles. The highest BCUT2D eigenvalue weighted by molar-refractivity contribution is 5.77. The number of likely N-dealkylation sites (tertiary alicyclic amines) is 1. The summed E-state index contributed by atoms with van der Waals surface area (Å²) in [5.74, 6) is 1.20. The lowest BCUT2D eigenvalue weighted by molar-refractivity contribution is 0.119. The lowest BCUT2D eigenvalue weighted by atomic mass is 10.1. The third-order valence-corrected chi connectivity index (χ3v) is 5.84. The summed E-state index contributed by atoms with van der Waals surface area (Å²) in [7, 11) is 0. The molecule has 2 fully saturated rings. The normalized spacial score (nSPS) is 22.0. The van der Waals surface area contributed by atoms with Crippen molar-refractivity contribution in [2.45, 2.75) is 57.5 Å². The Labute approximate surface area is 151 Å². The van der Waals surface area contributed by atoms with Gasteiger partial charge < -0.3 is 0 Å². The van der Waals surface area contributed by atoms with Gasteiger partial charge in [0.2, 0.25) is 0 Å². The highest BCUT2D eigenvalue weighted by Gasteiger charge is 2.32. The Morgan fingerprint density at radius 2 is 1.88 bits per heavy atom. The van der Waals surface area contributed by atoms with Crippen LogP contribution in [-0.4, -0.2) is 34.0 Å². The first-order valence-electron chi connectivity index (χ1n) is 9.65. The molecule has 1 saturated heterocycles. The first-order chi connectivity index (χ1) is 12.6. The Balaban J connectivity index is 1.74. The highest BCUT2D eigenvalue weighted by Crippen LogP contribution is 2.35. The Morgan fingerprint density at radius 3 is 2.65 bits per heavy atom. The zero-order valence-electron chi connectivity index (χ0n) is 14.9. The molecule has 2 heterocycles. The summed E-state index contributed by atoms with van der Waals surface area (Å²) in [5.41, 5.74) is 0.254. The van der Waals surface area contributed by atoms with Gasteiger partial charge in [-0.25, -0.2) is 13.8 Å². The Hall–Kier alpha value is -1.82. The van der Waals surface area contributed by atoms with Crippen molar-refractivity contribution >= 4 is 10.9 Å². The smallest absolute Gasteiger partial charge is 0.261 e. The van der Waals surface area contributed by atoms with Crippen LogP contribution in [0.2, 0.25) is 0 Å². The van der Waals surface area contributed by atoms with Gasteiger partial charge in [-0.3, -0.25) is 14.3 Å². The summed E-state index contributed by atoms with van der Waals surface area (Å²) < 4.78 is 27.6. The van der Waals surface area contributed by atoms with Crippen LogP contribution < -0.4 is 5.56 Å². The Kier molecular flexibility index (Phi) is 5.02.